The molecule has 0 atom stereocenters. The zero-order valence-corrected chi connectivity index (χ0v) is 12.6. The number of nitrogens with one attached hydrogen (secondary N) is 1. The molecule has 2 aromatic rings. The minimum atomic E-state index is -4.37. The van der Waals surface area contributed by atoms with Crippen molar-refractivity contribution in [2.45, 2.75) is 32.6 Å². The number of fused-ring (bicyclic) bond motifs is 1. The Kier molecular flexibility index (Phi) is 3.97. The summed E-state index contributed by atoms with van der Waals surface area (Å²) in [5.41, 5.74) is 0.681. The van der Waals surface area contributed by atoms with E-state index in [2.05, 4.69) is 9.97 Å². The van der Waals surface area contributed by atoms with Gasteiger partial charge in [-0.1, -0.05) is 18.2 Å². The third kappa shape index (κ3) is 3.29. The minimum Gasteiger partial charge on any atom is -0.310 e. The van der Waals surface area contributed by atoms with Crippen molar-refractivity contribution in [3.63, 3.8) is 0 Å². The first-order chi connectivity index (χ1) is 10.8. The first kappa shape index (κ1) is 15.7. The van der Waals surface area contributed by atoms with Gasteiger partial charge in [0, 0.05) is 26.1 Å². The van der Waals surface area contributed by atoms with Crippen LogP contribution in [0.25, 0.3) is 0 Å². The molecule has 3 rings (SSSR count). The number of aromatic nitrogens is 2. The van der Waals surface area contributed by atoms with Crippen LogP contribution >= 0.6 is 0 Å². The summed E-state index contributed by atoms with van der Waals surface area (Å²) in [5, 5.41) is 0. The zero-order chi connectivity index (χ0) is 16.6. The molecule has 0 aliphatic carbocycles. The molecule has 1 aliphatic heterocycles. The number of hydrogen-bond donors (Lipinski definition) is 1. The van der Waals surface area contributed by atoms with Gasteiger partial charge >= 0.3 is 6.18 Å². The molecule has 7 heteroatoms. The Labute approximate surface area is 131 Å². The summed E-state index contributed by atoms with van der Waals surface area (Å²) in [4.78, 5) is 20.8. The Hall–Kier alpha value is -2.15. The van der Waals surface area contributed by atoms with Crippen LogP contribution in [0.1, 0.15) is 28.2 Å². The van der Waals surface area contributed by atoms with Crippen molar-refractivity contribution in [2.24, 2.45) is 0 Å². The first-order valence-electron chi connectivity index (χ1n) is 7.30. The van der Waals surface area contributed by atoms with Gasteiger partial charge < -0.3 is 4.98 Å². The van der Waals surface area contributed by atoms with Gasteiger partial charge in [-0.3, -0.25) is 9.69 Å². The van der Waals surface area contributed by atoms with E-state index in [0.717, 1.165) is 11.8 Å². The lowest BCUT2D eigenvalue weighted by Crippen LogP contribution is -2.36. The van der Waals surface area contributed by atoms with E-state index >= 15 is 0 Å². The van der Waals surface area contributed by atoms with E-state index < -0.39 is 11.7 Å². The molecule has 0 radical (unpaired) electrons. The van der Waals surface area contributed by atoms with E-state index in [1.807, 2.05) is 4.90 Å². The molecule has 0 spiro atoms. The van der Waals surface area contributed by atoms with Crippen LogP contribution in [0.15, 0.2) is 29.1 Å². The highest BCUT2D eigenvalue weighted by molar-refractivity contribution is 5.30. The van der Waals surface area contributed by atoms with Crippen LogP contribution in [0.4, 0.5) is 13.2 Å². The number of alkyl halides is 3. The molecule has 1 aromatic carbocycles. The van der Waals surface area contributed by atoms with E-state index in [4.69, 9.17) is 0 Å². The van der Waals surface area contributed by atoms with Gasteiger partial charge in [-0.05, 0) is 18.6 Å². The van der Waals surface area contributed by atoms with Gasteiger partial charge in [-0.2, -0.15) is 13.2 Å². The average molecular weight is 323 g/mol. The van der Waals surface area contributed by atoms with Crippen molar-refractivity contribution >= 4 is 0 Å². The predicted octanol–water partition coefficient (Wildman–Crippen LogP) is 2.66. The number of halogens is 3. The molecule has 1 aromatic heterocycles. The van der Waals surface area contributed by atoms with Gasteiger partial charge in [0.2, 0.25) is 0 Å². The molecule has 2 heterocycles. The topological polar surface area (TPSA) is 49.0 Å². The summed E-state index contributed by atoms with van der Waals surface area (Å²) in [6, 6.07) is 5.55. The maximum Gasteiger partial charge on any atom is 0.416 e. The van der Waals surface area contributed by atoms with Crippen molar-refractivity contribution in [1.29, 1.82) is 0 Å². The highest BCUT2D eigenvalue weighted by Crippen LogP contribution is 2.32. The quantitative estimate of drug-likeness (QED) is 0.924. The number of hydrogen-bond acceptors (Lipinski definition) is 3. The molecule has 1 N–H and O–H groups in total. The molecule has 4 nitrogen and oxygen atoms in total. The van der Waals surface area contributed by atoms with E-state index in [0.29, 0.717) is 30.9 Å². The average Bonchev–Trinajstić information content (AvgIpc) is 2.47. The molecule has 0 saturated carbocycles. The van der Waals surface area contributed by atoms with Gasteiger partial charge in [0.25, 0.3) is 5.56 Å². The Bertz CT molecular complexity index is 783. The monoisotopic (exact) mass is 323 g/mol. The van der Waals surface area contributed by atoms with Gasteiger partial charge in [0.1, 0.15) is 5.82 Å². The number of aromatic amines is 1. The summed E-state index contributed by atoms with van der Waals surface area (Å²) in [6.07, 6.45) is -3.81. The standard InChI is InChI=1S/C16H16F3N3O/c1-10-20-14-6-7-22(9-12(14)15(23)21-10)8-11-4-2-3-5-13(11)16(17,18)19/h2-5H,6-9H2,1H3,(H,20,21,23). The molecule has 122 valence electrons. The number of H-pyrrole nitrogens is 1. The Morgan fingerprint density at radius 3 is 2.78 bits per heavy atom. The van der Waals surface area contributed by atoms with Gasteiger partial charge in [-0.25, -0.2) is 4.98 Å². The third-order valence-electron chi connectivity index (χ3n) is 3.98. The van der Waals surface area contributed by atoms with Crippen molar-refractivity contribution < 1.29 is 13.2 Å². The molecule has 0 unspecified atom stereocenters. The van der Waals surface area contributed by atoms with Crippen LogP contribution in [0.5, 0.6) is 0 Å². The second-order valence-electron chi connectivity index (χ2n) is 5.69. The second-order valence-corrected chi connectivity index (χ2v) is 5.69. The first-order valence-corrected chi connectivity index (χ1v) is 7.30. The predicted molar refractivity (Wildman–Crippen MR) is 78.9 cm³/mol. The summed E-state index contributed by atoms with van der Waals surface area (Å²) in [5.74, 6) is 0.560. The molecule has 0 saturated heterocycles. The SMILES string of the molecule is Cc1nc2c(c(=O)[nH]1)CN(Cc1ccccc1C(F)(F)F)CC2. The van der Waals surface area contributed by atoms with Gasteiger partial charge in [0.15, 0.2) is 0 Å². The normalized spacial score (nSPS) is 15.5. The molecule has 0 bridgehead atoms. The molecule has 0 fully saturated rings. The number of rotatable bonds is 2. The summed E-state index contributed by atoms with van der Waals surface area (Å²) in [6.45, 7) is 2.76. The molecule has 23 heavy (non-hydrogen) atoms. The molecule has 1 aliphatic rings. The summed E-state index contributed by atoms with van der Waals surface area (Å²) >= 11 is 0. The molecule has 0 amide bonds. The fourth-order valence-corrected chi connectivity index (χ4v) is 2.92. The number of aryl methyl sites for hydroxylation is 1. The Balaban J connectivity index is 1.85. The van der Waals surface area contributed by atoms with Crippen LogP contribution in [-0.2, 0) is 25.7 Å². The Morgan fingerprint density at radius 2 is 2.04 bits per heavy atom. The van der Waals surface area contributed by atoms with Crippen LogP contribution < -0.4 is 5.56 Å². The van der Waals surface area contributed by atoms with Gasteiger partial charge in [0.05, 0.1) is 16.8 Å². The lowest BCUT2D eigenvalue weighted by atomic mass is 10.0. The van der Waals surface area contributed by atoms with E-state index in [-0.39, 0.29) is 17.7 Å². The number of benzene rings is 1. The molecular formula is C16H16F3N3O. The maximum atomic E-state index is 13.1. The smallest absolute Gasteiger partial charge is 0.310 e. The van der Waals surface area contributed by atoms with E-state index in [9.17, 15) is 18.0 Å². The van der Waals surface area contributed by atoms with E-state index in [1.54, 1.807) is 13.0 Å². The lowest BCUT2D eigenvalue weighted by molar-refractivity contribution is -0.138. The van der Waals surface area contributed by atoms with Crippen LogP contribution in [0.2, 0.25) is 0 Å². The number of nitrogens with zero attached hydrogens (tertiary/aromatic N) is 2. The molecular weight excluding hydrogens is 307 g/mol. The van der Waals surface area contributed by atoms with Crippen LogP contribution in [-0.4, -0.2) is 21.4 Å². The van der Waals surface area contributed by atoms with Crippen molar-refractivity contribution in [2.75, 3.05) is 6.54 Å². The van der Waals surface area contributed by atoms with Crippen LogP contribution in [0.3, 0.4) is 0 Å². The van der Waals surface area contributed by atoms with Crippen molar-refractivity contribution in [3.8, 4) is 0 Å². The zero-order valence-electron chi connectivity index (χ0n) is 12.6. The second kappa shape index (κ2) is 5.81. The highest BCUT2D eigenvalue weighted by atomic mass is 19.4. The van der Waals surface area contributed by atoms with E-state index in [1.165, 1.54) is 12.1 Å². The summed E-state index contributed by atoms with van der Waals surface area (Å²) in [7, 11) is 0. The van der Waals surface area contributed by atoms with Gasteiger partial charge in [-0.15, -0.1) is 0 Å². The lowest BCUT2D eigenvalue weighted by Gasteiger charge is -2.28. The van der Waals surface area contributed by atoms with Crippen molar-refractivity contribution in [3.05, 3.63) is 62.8 Å². The largest absolute Gasteiger partial charge is 0.416 e. The minimum absolute atomic E-state index is 0.155. The fourth-order valence-electron chi connectivity index (χ4n) is 2.92. The summed E-state index contributed by atoms with van der Waals surface area (Å²) < 4.78 is 39.2. The van der Waals surface area contributed by atoms with Crippen LogP contribution in [0, 0.1) is 6.92 Å². The third-order valence-corrected chi connectivity index (χ3v) is 3.98. The highest BCUT2D eigenvalue weighted by Gasteiger charge is 2.33. The fraction of sp³-hybridized carbons (Fsp3) is 0.375. The maximum absolute atomic E-state index is 13.1. The Morgan fingerprint density at radius 1 is 1.30 bits per heavy atom. The van der Waals surface area contributed by atoms with Crippen molar-refractivity contribution in [1.82, 2.24) is 14.9 Å².